The van der Waals surface area contributed by atoms with Crippen LogP contribution in [0.15, 0.2) is 23.7 Å². The van der Waals surface area contributed by atoms with Crippen LogP contribution in [0.3, 0.4) is 0 Å². The highest BCUT2D eigenvalue weighted by Gasteiger charge is 2.41. The summed E-state index contributed by atoms with van der Waals surface area (Å²) in [6.07, 6.45) is 1.57. The van der Waals surface area contributed by atoms with E-state index in [0.717, 1.165) is 0 Å². The number of carbonyl (C=O) groups excluding carboxylic acids is 2. The second kappa shape index (κ2) is 3.76. The summed E-state index contributed by atoms with van der Waals surface area (Å²) in [5, 5.41) is 0. The summed E-state index contributed by atoms with van der Waals surface area (Å²) in [6, 6.07) is 0. The van der Waals surface area contributed by atoms with Crippen molar-refractivity contribution in [2.45, 2.75) is 38.9 Å². The van der Waals surface area contributed by atoms with E-state index in [1.54, 1.807) is 27.7 Å². The molecule has 2 rings (SSSR count). The largest absolute Gasteiger partial charge is 0.514 e. The highest BCUT2D eigenvalue weighted by atomic mass is 16.8. The van der Waals surface area contributed by atoms with E-state index in [2.05, 4.69) is 0 Å². The van der Waals surface area contributed by atoms with Gasteiger partial charge in [0, 0.05) is 0 Å². The molecule has 2 aliphatic heterocycles. The SMILES string of the molecule is CC1(C)OC(=O)O/C1=C\C=C1\OC(=O)OC1(C)C. The first kappa shape index (κ1) is 12.5. The first-order chi connectivity index (χ1) is 8.21. The summed E-state index contributed by atoms with van der Waals surface area (Å²) < 4.78 is 19.7. The Kier molecular flexibility index (Phi) is 2.61. The molecule has 2 aliphatic rings. The molecule has 0 unspecified atom stereocenters. The number of rotatable bonds is 1. The van der Waals surface area contributed by atoms with Gasteiger partial charge >= 0.3 is 12.3 Å². The van der Waals surface area contributed by atoms with Gasteiger partial charge in [0.05, 0.1) is 0 Å². The van der Waals surface area contributed by atoms with Crippen LogP contribution in [0.4, 0.5) is 9.59 Å². The zero-order chi connectivity index (χ0) is 13.6. The fourth-order valence-electron chi connectivity index (χ4n) is 1.61. The highest BCUT2D eigenvalue weighted by Crippen LogP contribution is 2.33. The Labute approximate surface area is 104 Å². The number of ether oxygens (including phenoxy) is 4. The van der Waals surface area contributed by atoms with Gasteiger partial charge < -0.3 is 18.9 Å². The molecule has 0 aliphatic carbocycles. The van der Waals surface area contributed by atoms with E-state index in [1.807, 2.05) is 0 Å². The molecule has 2 saturated heterocycles. The lowest BCUT2D eigenvalue weighted by molar-refractivity contribution is 0.0858. The minimum Gasteiger partial charge on any atom is -0.420 e. The molecule has 0 radical (unpaired) electrons. The molecule has 2 fully saturated rings. The third-order valence-electron chi connectivity index (χ3n) is 2.64. The molecule has 0 amide bonds. The Morgan fingerprint density at radius 2 is 1.11 bits per heavy atom. The topological polar surface area (TPSA) is 71.1 Å². The first-order valence-corrected chi connectivity index (χ1v) is 5.45. The average Bonchev–Trinajstić information content (AvgIpc) is 2.58. The Morgan fingerprint density at radius 3 is 1.33 bits per heavy atom. The Bertz CT molecular complexity index is 425. The van der Waals surface area contributed by atoms with Crippen molar-refractivity contribution in [1.82, 2.24) is 0 Å². The van der Waals surface area contributed by atoms with Crippen molar-refractivity contribution in [3.63, 3.8) is 0 Å². The fourth-order valence-corrected chi connectivity index (χ4v) is 1.61. The summed E-state index contributed by atoms with van der Waals surface area (Å²) in [5.41, 5.74) is -1.66. The minimum atomic E-state index is -0.832. The Morgan fingerprint density at radius 1 is 0.778 bits per heavy atom. The van der Waals surface area contributed by atoms with Crippen molar-refractivity contribution in [1.29, 1.82) is 0 Å². The lowest BCUT2D eigenvalue weighted by Gasteiger charge is -2.15. The number of hydrogen-bond donors (Lipinski definition) is 0. The predicted molar refractivity (Wildman–Crippen MR) is 59.5 cm³/mol. The molecule has 6 nitrogen and oxygen atoms in total. The van der Waals surface area contributed by atoms with Gasteiger partial charge in [0.25, 0.3) is 0 Å². The molecule has 0 atom stereocenters. The van der Waals surface area contributed by atoms with Gasteiger partial charge in [-0.3, -0.25) is 0 Å². The normalized spacial score (nSPS) is 28.9. The van der Waals surface area contributed by atoms with Gasteiger partial charge in [-0.1, -0.05) is 0 Å². The number of hydrogen-bond acceptors (Lipinski definition) is 6. The summed E-state index contributed by atoms with van der Waals surface area (Å²) in [6.45, 7) is 6.80. The molecule has 0 aromatic carbocycles. The number of cyclic esters (lactones) is 4. The second-order valence-corrected chi connectivity index (χ2v) is 4.99. The average molecular weight is 254 g/mol. The monoisotopic (exact) mass is 254 g/mol. The molecule has 0 saturated carbocycles. The van der Waals surface area contributed by atoms with Gasteiger partial charge in [0.1, 0.15) is 0 Å². The zero-order valence-electron chi connectivity index (χ0n) is 10.6. The molecular formula is C12H14O6. The van der Waals surface area contributed by atoms with Gasteiger partial charge in [-0.25, -0.2) is 9.59 Å². The minimum absolute atomic E-state index is 0.346. The van der Waals surface area contributed by atoms with E-state index in [4.69, 9.17) is 18.9 Å². The Hall–Kier alpha value is -1.98. The number of allylic oxidation sites excluding steroid dienone is 2. The molecule has 0 aromatic rings. The maximum absolute atomic E-state index is 11.0. The quantitative estimate of drug-likeness (QED) is 0.670. The fraction of sp³-hybridized carbons (Fsp3) is 0.500. The number of carbonyl (C=O) groups is 2. The van der Waals surface area contributed by atoms with Crippen LogP contribution in [0.2, 0.25) is 0 Å². The maximum Gasteiger partial charge on any atom is 0.514 e. The molecule has 0 bridgehead atoms. The van der Waals surface area contributed by atoms with Crippen LogP contribution in [0, 0.1) is 0 Å². The van der Waals surface area contributed by atoms with Gasteiger partial charge in [-0.05, 0) is 39.8 Å². The van der Waals surface area contributed by atoms with Gasteiger partial charge in [-0.2, -0.15) is 0 Å². The van der Waals surface area contributed by atoms with E-state index in [0.29, 0.717) is 11.5 Å². The highest BCUT2D eigenvalue weighted by molar-refractivity contribution is 5.67. The van der Waals surface area contributed by atoms with E-state index in [9.17, 15) is 9.59 Å². The predicted octanol–water partition coefficient (Wildman–Crippen LogP) is 2.65. The zero-order valence-corrected chi connectivity index (χ0v) is 10.6. The lowest BCUT2D eigenvalue weighted by atomic mass is 10.0. The van der Waals surface area contributed by atoms with Crippen LogP contribution < -0.4 is 0 Å². The molecule has 0 aromatic heterocycles. The summed E-state index contributed by atoms with van der Waals surface area (Å²) in [5.74, 6) is 0.692. The van der Waals surface area contributed by atoms with Crippen LogP contribution in [0.5, 0.6) is 0 Å². The molecule has 6 heteroatoms. The van der Waals surface area contributed by atoms with Crippen molar-refractivity contribution in [3.05, 3.63) is 23.7 Å². The second-order valence-electron chi connectivity index (χ2n) is 4.99. The van der Waals surface area contributed by atoms with Gasteiger partial charge in [-0.15, -0.1) is 0 Å². The third kappa shape index (κ3) is 2.18. The maximum atomic E-state index is 11.0. The first-order valence-electron chi connectivity index (χ1n) is 5.45. The van der Waals surface area contributed by atoms with Crippen molar-refractivity contribution in [3.8, 4) is 0 Å². The Balaban J connectivity index is 2.25. The van der Waals surface area contributed by atoms with Crippen molar-refractivity contribution in [2.75, 3.05) is 0 Å². The lowest BCUT2D eigenvalue weighted by Crippen LogP contribution is -2.21. The molecule has 0 N–H and O–H groups in total. The molecule has 18 heavy (non-hydrogen) atoms. The van der Waals surface area contributed by atoms with E-state index in [1.165, 1.54) is 12.2 Å². The molecule has 98 valence electrons. The third-order valence-corrected chi connectivity index (χ3v) is 2.64. The van der Waals surface area contributed by atoms with Crippen molar-refractivity contribution in [2.24, 2.45) is 0 Å². The molecule has 0 spiro atoms. The van der Waals surface area contributed by atoms with E-state index in [-0.39, 0.29) is 0 Å². The van der Waals surface area contributed by atoms with E-state index >= 15 is 0 Å². The summed E-state index contributed by atoms with van der Waals surface area (Å²) in [4.78, 5) is 22.1. The standard InChI is InChI=1S/C12H14O6/c1-11(2)7(15-9(13)17-11)5-6-8-12(3,4)18-10(14)16-8/h5-6H,1-4H3/b7-5-,8-6+. The van der Waals surface area contributed by atoms with Crippen LogP contribution in [0.1, 0.15) is 27.7 Å². The summed E-state index contributed by atoms with van der Waals surface area (Å²) in [7, 11) is 0. The van der Waals surface area contributed by atoms with Crippen molar-refractivity contribution < 1.29 is 28.5 Å². The van der Waals surface area contributed by atoms with Crippen LogP contribution in [-0.2, 0) is 18.9 Å². The van der Waals surface area contributed by atoms with Gasteiger partial charge in [0.15, 0.2) is 22.7 Å². The molecular weight excluding hydrogens is 240 g/mol. The smallest absolute Gasteiger partial charge is 0.420 e. The van der Waals surface area contributed by atoms with Gasteiger partial charge in [0.2, 0.25) is 0 Å². The van der Waals surface area contributed by atoms with Crippen LogP contribution in [-0.4, -0.2) is 23.5 Å². The molecule has 2 heterocycles. The van der Waals surface area contributed by atoms with Crippen molar-refractivity contribution >= 4 is 12.3 Å². The van der Waals surface area contributed by atoms with Crippen LogP contribution in [0.25, 0.3) is 0 Å². The van der Waals surface area contributed by atoms with E-state index < -0.39 is 23.5 Å². The van der Waals surface area contributed by atoms with Crippen LogP contribution >= 0.6 is 0 Å². The summed E-state index contributed by atoms with van der Waals surface area (Å²) >= 11 is 0.